The Morgan fingerprint density at radius 2 is 2.07 bits per heavy atom. The third-order valence-electron chi connectivity index (χ3n) is 5.73. The maximum absolute atomic E-state index is 13.0. The van der Waals surface area contributed by atoms with Crippen LogP contribution in [-0.2, 0) is 19.4 Å². The van der Waals surface area contributed by atoms with Gasteiger partial charge in [0.25, 0.3) is 5.91 Å². The molecule has 3 rings (SSSR count). The summed E-state index contributed by atoms with van der Waals surface area (Å²) in [5.41, 5.74) is -0.931. The van der Waals surface area contributed by atoms with Crippen molar-refractivity contribution in [3.8, 4) is 0 Å². The van der Waals surface area contributed by atoms with Crippen LogP contribution < -0.4 is 10.6 Å². The number of hydrogen-bond acceptors (Lipinski definition) is 5. The number of carbonyl (C=O) groups is 3. The average molecular weight is 442 g/mol. The molecule has 2 atom stereocenters. The van der Waals surface area contributed by atoms with E-state index < -0.39 is 39.8 Å². The zero-order chi connectivity index (χ0) is 21.4. The quantitative estimate of drug-likeness (QED) is 0.682. The minimum absolute atomic E-state index is 0.0185. The van der Waals surface area contributed by atoms with Crippen LogP contribution >= 0.6 is 11.6 Å². The Labute approximate surface area is 174 Å². The first-order valence-corrected chi connectivity index (χ1v) is 11.6. The molecular weight excluding hydrogens is 418 g/mol. The second-order valence-corrected chi connectivity index (χ2v) is 10.2. The molecule has 0 aromatic heterocycles. The van der Waals surface area contributed by atoms with Gasteiger partial charge in [-0.05, 0) is 37.0 Å². The molecule has 1 aliphatic heterocycles. The number of hydrogen-bond donors (Lipinski definition) is 2. The van der Waals surface area contributed by atoms with E-state index in [-0.39, 0.29) is 27.3 Å². The van der Waals surface area contributed by atoms with Gasteiger partial charge in [-0.3, -0.25) is 14.5 Å². The molecule has 4 amide bonds. The van der Waals surface area contributed by atoms with Crippen molar-refractivity contribution in [1.82, 2.24) is 10.2 Å². The minimum atomic E-state index is -3.60. The van der Waals surface area contributed by atoms with Crippen LogP contribution in [0.2, 0.25) is 5.02 Å². The first-order chi connectivity index (χ1) is 13.6. The molecule has 8 nitrogen and oxygen atoms in total. The molecule has 2 fully saturated rings. The lowest BCUT2D eigenvalue weighted by Crippen LogP contribution is -2.54. The molecule has 10 heteroatoms. The Morgan fingerprint density at radius 3 is 2.72 bits per heavy atom. The van der Waals surface area contributed by atoms with Crippen LogP contribution in [0.4, 0.5) is 10.5 Å². The summed E-state index contributed by atoms with van der Waals surface area (Å²) in [6.07, 6.45) is 3.20. The summed E-state index contributed by atoms with van der Waals surface area (Å²) in [6, 6.07) is 3.47. The fourth-order valence-corrected chi connectivity index (χ4v) is 5.20. The van der Waals surface area contributed by atoms with Crippen LogP contribution in [-0.4, -0.2) is 49.0 Å². The van der Waals surface area contributed by atoms with E-state index in [0.717, 1.165) is 24.2 Å². The van der Waals surface area contributed by atoms with E-state index in [1.54, 1.807) is 0 Å². The van der Waals surface area contributed by atoms with Gasteiger partial charge < -0.3 is 10.6 Å². The monoisotopic (exact) mass is 441 g/mol. The van der Waals surface area contributed by atoms with E-state index in [1.165, 1.54) is 25.1 Å². The SMILES string of the molecule is CCS(=O)(=O)c1ccc(Cl)cc1NC(=O)CN1C(=O)N[C@@]2(CCCC[C@H]2C)C1=O. The number of benzene rings is 1. The molecule has 1 saturated heterocycles. The number of rotatable bonds is 5. The first-order valence-electron chi connectivity index (χ1n) is 9.57. The van der Waals surface area contributed by atoms with E-state index in [1.807, 2.05) is 6.92 Å². The van der Waals surface area contributed by atoms with Gasteiger partial charge in [-0.25, -0.2) is 13.2 Å². The van der Waals surface area contributed by atoms with Gasteiger partial charge in [0.1, 0.15) is 12.1 Å². The highest BCUT2D eigenvalue weighted by molar-refractivity contribution is 7.91. The van der Waals surface area contributed by atoms with Crippen molar-refractivity contribution in [1.29, 1.82) is 0 Å². The molecule has 0 bridgehead atoms. The standard InChI is InChI=1S/C19H24ClN3O5S/c1-3-29(27,28)15-8-7-13(20)10-14(15)21-16(24)11-23-17(25)19(22-18(23)26)9-5-4-6-12(19)2/h7-8,10,12H,3-6,9,11H2,1-2H3,(H,21,24)(H,22,26)/t12-,19-/m1/s1. The van der Waals surface area contributed by atoms with Crippen LogP contribution in [0.25, 0.3) is 0 Å². The molecular formula is C19H24ClN3O5S. The molecule has 1 aromatic rings. The molecule has 1 heterocycles. The molecule has 158 valence electrons. The number of urea groups is 1. The van der Waals surface area contributed by atoms with Gasteiger partial charge in [0.2, 0.25) is 5.91 Å². The van der Waals surface area contributed by atoms with Crippen LogP contribution in [0, 0.1) is 5.92 Å². The van der Waals surface area contributed by atoms with Crippen molar-refractivity contribution in [2.45, 2.75) is 50.0 Å². The zero-order valence-electron chi connectivity index (χ0n) is 16.3. The zero-order valence-corrected chi connectivity index (χ0v) is 17.9. The van der Waals surface area contributed by atoms with Crippen molar-refractivity contribution in [2.24, 2.45) is 5.92 Å². The highest BCUT2D eigenvalue weighted by Crippen LogP contribution is 2.38. The summed E-state index contributed by atoms with van der Waals surface area (Å²) in [4.78, 5) is 38.8. The number of imide groups is 1. The molecule has 29 heavy (non-hydrogen) atoms. The second kappa shape index (κ2) is 7.95. The predicted octanol–water partition coefficient (Wildman–Crippen LogP) is 2.57. The predicted molar refractivity (Wildman–Crippen MR) is 108 cm³/mol. The van der Waals surface area contributed by atoms with Crippen molar-refractivity contribution >= 4 is 45.0 Å². The van der Waals surface area contributed by atoms with Crippen molar-refractivity contribution in [3.05, 3.63) is 23.2 Å². The number of sulfone groups is 1. The molecule has 0 unspecified atom stereocenters. The molecule has 1 aromatic carbocycles. The largest absolute Gasteiger partial charge is 0.325 e. The maximum Gasteiger partial charge on any atom is 0.325 e. The molecule has 1 aliphatic carbocycles. The topological polar surface area (TPSA) is 113 Å². The second-order valence-electron chi connectivity index (χ2n) is 7.53. The number of anilines is 1. The van der Waals surface area contributed by atoms with E-state index in [9.17, 15) is 22.8 Å². The number of halogens is 1. The van der Waals surface area contributed by atoms with E-state index in [4.69, 9.17) is 11.6 Å². The number of carbonyl (C=O) groups excluding carboxylic acids is 3. The fraction of sp³-hybridized carbons (Fsp3) is 0.526. The lowest BCUT2D eigenvalue weighted by molar-refractivity contribution is -0.136. The summed E-state index contributed by atoms with van der Waals surface area (Å²) < 4.78 is 24.6. The summed E-state index contributed by atoms with van der Waals surface area (Å²) in [5, 5.41) is 5.52. The first kappa shape index (κ1) is 21.6. The summed E-state index contributed by atoms with van der Waals surface area (Å²) in [5.74, 6) is -1.25. The Hall–Kier alpha value is -2.13. The van der Waals surface area contributed by atoms with Crippen molar-refractivity contribution in [3.63, 3.8) is 0 Å². The van der Waals surface area contributed by atoms with Gasteiger partial charge in [-0.1, -0.05) is 38.3 Å². The van der Waals surface area contributed by atoms with Crippen LogP contribution in [0.15, 0.2) is 23.1 Å². The Morgan fingerprint density at radius 1 is 1.34 bits per heavy atom. The van der Waals surface area contributed by atoms with Crippen molar-refractivity contribution in [2.75, 3.05) is 17.6 Å². The van der Waals surface area contributed by atoms with Gasteiger partial charge in [0, 0.05) is 5.02 Å². The molecule has 1 saturated carbocycles. The smallest absolute Gasteiger partial charge is 0.323 e. The Bertz CT molecular complexity index is 965. The van der Waals surface area contributed by atoms with Crippen LogP contribution in [0.5, 0.6) is 0 Å². The summed E-state index contributed by atoms with van der Waals surface area (Å²) in [6.45, 7) is 2.92. The fourth-order valence-electron chi connectivity index (χ4n) is 4.00. The van der Waals surface area contributed by atoms with Crippen LogP contribution in [0.3, 0.4) is 0 Å². The minimum Gasteiger partial charge on any atom is -0.323 e. The third-order valence-corrected chi connectivity index (χ3v) is 7.76. The average Bonchev–Trinajstić information content (AvgIpc) is 2.89. The lowest BCUT2D eigenvalue weighted by atomic mass is 9.73. The molecule has 1 spiro atoms. The normalized spacial score (nSPS) is 24.7. The Balaban J connectivity index is 1.79. The van der Waals surface area contributed by atoms with E-state index in [2.05, 4.69) is 10.6 Å². The van der Waals surface area contributed by atoms with E-state index >= 15 is 0 Å². The van der Waals surface area contributed by atoms with Crippen LogP contribution in [0.1, 0.15) is 39.5 Å². The van der Waals surface area contributed by atoms with Gasteiger partial charge in [-0.2, -0.15) is 0 Å². The van der Waals surface area contributed by atoms with E-state index in [0.29, 0.717) is 6.42 Å². The highest BCUT2D eigenvalue weighted by atomic mass is 35.5. The number of nitrogens with one attached hydrogen (secondary N) is 2. The number of nitrogens with zero attached hydrogens (tertiary/aromatic N) is 1. The highest BCUT2D eigenvalue weighted by Gasteiger charge is 2.55. The molecule has 0 radical (unpaired) electrons. The Kier molecular flexibility index (Phi) is 5.91. The van der Waals surface area contributed by atoms with Crippen molar-refractivity contribution < 1.29 is 22.8 Å². The van der Waals surface area contributed by atoms with Gasteiger partial charge in [0.15, 0.2) is 9.84 Å². The summed E-state index contributed by atoms with van der Waals surface area (Å²) in [7, 11) is -3.60. The number of amides is 4. The summed E-state index contributed by atoms with van der Waals surface area (Å²) >= 11 is 5.95. The van der Waals surface area contributed by atoms with Gasteiger partial charge >= 0.3 is 6.03 Å². The molecule has 2 aliphatic rings. The van der Waals surface area contributed by atoms with Gasteiger partial charge in [-0.15, -0.1) is 0 Å². The lowest BCUT2D eigenvalue weighted by Gasteiger charge is -2.36. The third kappa shape index (κ3) is 3.98. The van der Waals surface area contributed by atoms with Gasteiger partial charge in [0.05, 0.1) is 16.3 Å². The maximum atomic E-state index is 13.0. The molecule has 2 N–H and O–H groups in total.